The first-order valence-corrected chi connectivity index (χ1v) is 5.92. The van der Waals surface area contributed by atoms with Crippen molar-refractivity contribution in [2.24, 2.45) is 5.92 Å². The van der Waals surface area contributed by atoms with Gasteiger partial charge in [0.05, 0.1) is 0 Å². The van der Waals surface area contributed by atoms with Crippen molar-refractivity contribution >= 4 is 0 Å². The summed E-state index contributed by atoms with van der Waals surface area (Å²) in [6.07, 6.45) is 10.4. The first-order chi connectivity index (χ1) is 7.53. The molecule has 2 aliphatic rings. The normalized spacial score (nSPS) is 26.9. The molecule has 0 aromatic heterocycles. The van der Waals surface area contributed by atoms with Crippen LogP contribution in [0, 0.1) is 5.92 Å². The third-order valence-corrected chi connectivity index (χ3v) is 3.18. The van der Waals surface area contributed by atoms with Gasteiger partial charge in [-0.3, -0.25) is 0 Å². The summed E-state index contributed by atoms with van der Waals surface area (Å²) in [6.45, 7) is 10.3. The van der Waals surface area contributed by atoms with E-state index in [-0.39, 0.29) is 5.60 Å². The topological polar surface area (TPSA) is 9.23 Å². The van der Waals surface area contributed by atoms with Crippen molar-refractivity contribution in [1.29, 1.82) is 0 Å². The lowest BCUT2D eigenvalue weighted by Crippen LogP contribution is -2.31. The largest absolute Gasteiger partial charge is 0.487 e. The average Bonchev–Trinajstić information content (AvgIpc) is 2.15. The van der Waals surface area contributed by atoms with E-state index in [1.807, 2.05) is 6.08 Å². The zero-order valence-electron chi connectivity index (χ0n) is 10.4. The van der Waals surface area contributed by atoms with E-state index in [1.165, 1.54) is 11.1 Å². The molecule has 0 fully saturated rings. The molecule has 1 heteroatoms. The molecule has 0 aromatic carbocycles. The molecular formula is C15H20O. The van der Waals surface area contributed by atoms with Gasteiger partial charge < -0.3 is 4.74 Å². The van der Waals surface area contributed by atoms with Crippen molar-refractivity contribution < 1.29 is 4.74 Å². The molecule has 0 aromatic rings. The smallest absolute Gasteiger partial charge is 0.123 e. The molecule has 86 valence electrons. The van der Waals surface area contributed by atoms with Crippen LogP contribution in [0.3, 0.4) is 0 Å². The number of ether oxygens (including phenoxy) is 1. The average molecular weight is 216 g/mol. The van der Waals surface area contributed by atoms with E-state index in [9.17, 15) is 0 Å². The molecule has 1 unspecified atom stereocenters. The van der Waals surface area contributed by atoms with Gasteiger partial charge in [-0.05, 0) is 33.3 Å². The molecular weight excluding hydrogens is 196 g/mol. The van der Waals surface area contributed by atoms with Crippen LogP contribution in [-0.4, -0.2) is 5.60 Å². The van der Waals surface area contributed by atoms with Crippen LogP contribution in [0.25, 0.3) is 0 Å². The first-order valence-electron chi connectivity index (χ1n) is 5.92. The zero-order valence-corrected chi connectivity index (χ0v) is 10.4. The Hall–Kier alpha value is -1.24. The van der Waals surface area contributed by atoms with E-state index in [4.69, 9.17) is 4.74 Å². The van der Waals surface area contributed by atoms with Gasteiger partial charge in [-0.25, -0.2) is 0 Å². The number of fused-ring (bicyclic) bond motifs is 1. The molecule has 1 nitrogen and oxygen atoms in total. The third kappa shape index (κ3) is 1.99. The minimum Gasteiger partial charge on any atom is -0.487 e. The maximum Gasteiger partial charge on any atom is 0.123 e. The van der Waals surface area contributed by atoms with Gasteiger partial charge in [0.1, 0.15) is 11.4 Å². The molecule has 1 heterocycles. The van der Waals surface area contributed by atoms with E-state index in [0.717, 1.165) is 18.6 Å². The lowest BCUT2D eigenvalue weighted by molar-refractivity contribution is 0.0280. The molecule has 1 aliphatic heterocycles. The highest BCUT2D eigenvalue weighted by atomic mass is 16.5. The molecule has 16 heavy (non-hydrogen) atoms. The Kier molecular flexibility index (Phi) is 2.79. The van der Waals surface area contributed by atoms with Crippen molar-refractivity contribution in [2.75, 3.05) is 0 Å². The number of allylic oxidation sites excluding steroid dienone is 5. The minimum absolute atomic E-state index is 0.0661. The highest BCUT2D eigenvalue weighted by molar-refractivity contribution is 5.43. The molecule has 0 radical (unpaired) electrons. The van der Waals surface area contributed by atoms with Gasteiger partial charge in [0, 0.05) is 17.9 Å². The van der Waals surface area contributed by atoms with E-state index >= 15 is 0 Å². The first kappa shape index (κ1) is 11.3. The molecule has 0 saturated carbocycles. The monoisotopic (exact) mass is 216 g/mol. The lowest BCUT2D eigenvalue weighted by atomic mass is 9.81. The lowest BCUT2D eigenvalue weighted by Gasteiger charge is -2.38. The fourth-order valence-corrected chi connectivity index (χ4v) is 2.71. The molecule has 1 aliphatic carbocycles. The van der Waals surface area contributed by atoms with Crippen molar-refractivity contribution in [3.05, 3.63) is 47.8 Å². The summed E-state index contributed by atoms with van der Waals surface area (Å²) in [5.74, 6) is 1.51. The maximum absolute atomic E-state index is 6.04. The van der Waals surface area contributed by atoms with Crippen LogP contribution in [0.5, 0.6) is 0 Å². The van der Waals surface area contributed by atoms with Crippen LogP contribution in [0.2, 0.25) is 0 Å². The molecule has 0 N–H and O–H groups in total. The number of hydrogen-bond acceptors (Lipinski definition) is 1. The second-order valence-electron chi connectivity index (χ2n) is 5.28. The summed E-state index contributed by atoms with van der Waals surface area (Å²) in [4.78, 5) is 0. The molecule has 0 spiro atoms. The summed E-state index contributed by atoms with van der Waals surface area (Å²) < 4.78 is 6.04. The zero-order chi connectivity index (χ0) is 11.8. The number of rotatable bonds is 2. The van der Waals surface area contributed by atoms with Crippen LogP contribution in [0.4, 0.5) is 0 Å². The van der Waals surface area contributed by atoms with Crippen molar-refractivity contribution in [3.63, 3.8) is 0 Å². The molecule has 1 atom stereocenters. The maximum atomic E-state index is 6.04. The Morgan fingerprint density at radius 3 is 3.00 bits per heavy atom. The SMILES string of the molecule is C=CCC1C=CC=C2OC(C)(C)CC(C)=C21. The summed E-state index contributed by atoms with van der Waals surface area (Å²) in [5, 5.41) is 0. The van der Waals surface area contributed by atoms with E-state index in [2.05, 4.69) is 45.6 Å². The summed E-state index contributed by atoms with van der Waals surface area (Å²) in [6, 6.07) is 0. The Morgan fingerprint density at radius 2 is 2.31 bits per heavy atom. The summed E-state index contributed by atoms with van der Waals surface area (Å²) in [7, 11) is 0. The van der Waals surface area contributed by atoms with Gasteiger partial charge >= 0.3 is 0 Å². The number of hydrogen-bond donors (Lipinski definition) is 0. The Morgan fingerprint density at radius 1 is 1.56 bits per heavy atom. The molecule has 0 amide bonds. The van der Waals surface area contributed by atoms with E-state index < -0.39 is 0 Å². The Balaban J connectivity index is 2.39. The van der Waals surface area contributed by atoms with Crippen LogP contribution >= 0.6 is 0 Å². The fourth-order valence-electron chi connectivity index (χ4n) is 2.71. The second-order valence-corrected chi connectivity index (χ2v) is 5.28. The van der Waals surface area contributed by atoms with E-state index in [0.29, 0.717) is 5.92 Å². The molecule has 2 rings (SSSR count). The van der Waals surface area contributed by atoms with Crippen LogP contribution in [0.1, 0.15) is 33.6 Å². The summed E-state index contributed by atoms with van der Waals surface area (Å²) in [5.41, 5.74) is 2.77. The highest BCUT2D eigenvalue weighted by Crippen LogP contribution is 2.41. The Labute approximate surface area is 98.2 Å². The van der Waals surface area contributed by atoms with Gasteiger partial charge in [0.25, 0.3) is 0 Å². The van der Waals surface area contributed by atoms with Crippen molar-refractivity contribution in [1.82, 2.24) is 0 Å². The standard InChI is InChI=1S/C15H20O/c1-5-7-12-8-6-9-13-14(12)11(2)10-15(3,4)16-13/h5-6,8-9,12H,1,7,10H2,2-4H3. The fraction of sp³-hybridized carbons (Fsp3) is 0.467. The van der Waals surface area contributed by atoms with Crippen LogP contribution in [0.15, 0.2) is 47.8 Å². The van der Waals surface area contributed by atoms with Crippen LogP contribution < -0.4 is 0 Å². The Bertz CT molecular complexity index is 394. The van der Waals surface area contributed by atoms with E-state index in [1.54, 1.807) is 0 Å². The van der Waals surface area contributed by atoms with Gasteiger partial charge in [-0.15, -0.1) is 6.58 Å². The second kappa shape index (κ2) is 3.97. The van der Waals surface area contributed by atoms with Crippen molar-refractivity contribution in [3.8, 4) is 0 Å². The highest BCUT2D eigenvalue weighted by Gasteiger charge is 2.33. The van der Waals surface area contributed by atoms with Gasteiger partial charge in [-0.1, -0.05) is 23.8 Å². The predicted molar refractivity (Wildman–Crippen MR) is 68.0 cm³/mol. The van der Waals surface area contributed by atoms with Crippen LogP contribution in [-0.2, 0) is 4.74 Å². The van der Waals surface area contributed by atoms with Gasteiger partial charge in [-0.2, -0.15) is 0 Å². The third-order valence-electron chi connectivity index (χ3n) is 3.18. The minimum atomic E-state index is -0.0661. The quantitative estimate of drug-likeness (QED) is 0.630. The molecule has 0 bridgehead atoms. The van der Waals surface area contributed by atoms with Crippen molar-refractivity contribution in [2.45, 2.75) is 39.2 Å². The van der Waals surface area contributed by atoms with Gasteiger partial charge in [0.15, 0.2) is 0 Å². The molecule has 0 saturated heterocycles. The predicted octanol–water partition coefficient (Wildman–Crippen LogP) is 4.15. The van der Waals surface area contributed by atoms with Gasteiger partial charge in [0.2, 0.25) is 0 Å². The summed E-state index contributed by atoms with van der Waals surface area (Å²) >= 11 is 0.